The van der Waals surface area contributed by atoms with Crippen LogP contribution in [-0.4, -0.2) is 21.0 Å². The van der Waals surface area contributed by atoms with Gasteiger partial charge in [0, 0.05) is 5.56 Å². The van der Waals surface area contributed by atoms with E-state index in [4.69, 9.17) is 17.3 Å². The van der Waals surface area contributed by atoms with Crippen molar-refractivity contribution in [1.82, 2.24) is 9.97 Å². The fourth-order valence-corrected chi connectivity index (χ4v) is 1.82. The van der Waals surface area contributed by atoms with Crippen LogP contribution in [0.15, 0.2) is 24.3 Å². The number of aromatic carboxylic acids is 1. The lowest BCUT2D eigenvalue weighted by Gasteiger charge is -2.08. The molecule has 0 aliphatic carbocycles. The number of H-pyrrole nitrogens is 2. The largest absolute Gasteiger partial charge is 0.477 e. The molecule has 0 aliphatic heterocycles. The molecule has 4 nitrogen and oxygen atoms in total. The molecule has 2 rings (SSSR count). The van der Waals surface area contributed by atoms with Crippen molar-refractivity contribution in [3.63, 3.8) is 0 Å². The molecule has 0 saturated carbocycles. The topological polar surface area (TPSA) is 68.9 Å². The predicted octanol–water partition coefficient (Wildman–Crippen LogP) is 3.46. The number of imidazole rings is 1. The number of carboxylic acids is 1. The number of rotatable bonds is 2. The zero-order chi connectivity index (χ0) is 14.2. The zero-order valence-electron chi connectivity index (χ0n) is 9.21. The minimum Gasteiger partial charge on any atom is -0.477 e. The molecule has 1 aromatic heterocycles. The van der Waals surface area contributed by atoms with Crippen LogP contribution >= 0.6 is 12.2 Å². The standard InChI is InChI=1S/C11H7F3N2O2S/c12-11(13,14)6-3-1-2-5(4-6)7-8(9(17)18)16-10(19)15-7/h1-4H,(H,17,18)(H2,15,16,19). The van der Waals surface area contributed by atoms with Crippen LogP contribution < -0.4 is 0 Å². The molecule has 1 aromatic carbocycles. The van der Waals surface area contributed by atoms with E-state index in [0.29, 0.717) is 0 Å². The average Bonchev–Trinajstić information content (AvgIpc) is 2.71. The molecule has 100 valence electrons. The van der Waals surface area contributed by atoms with Gasteiger partial charge in [-0.3, -0.25) is 0 Å². The minimum absolute atomic E-state index is 0.0172. The molecule has 2 aromatic rings. The van der Waals surface area contributed by atoms with Crippen LogP contribution in [0.2, 0.25) is 0 Å². The van der Waals surface area contributed by atoms with Gasteiger partial charge in [0.25, 0.3) is 0 Å². The summed E-state index contributed by atoms with van der Waals surface area (Å²) in [7, 11) is 0. The SMILES string of the molecule is O=C(O)c1[nH]c(=S)[nH]c1-c1cccc(C(F)(F)F)c1. The first-order valence-corrected chi connectivity index (χ1v) is 5.43. The molecule has 0 aliphatic rings. The summed E-state index contributed by atoms with van der Waals surface area (Å²) < 4.78 is 37.8. The predicted molar refractivity (Wildman–Crippen MR) is 63.4 cm³/mol. The number of halogens is 3. The van der Waals surface area contributed by atoms with Gasteiger partial charge < -0.3 is 15.1 Å². The Morgan fingerprint density at radius 1 is 1.26 bits per heavy atom. The maximum Gasteiger partial charge on any atom is 0.416 e. The number of aromatic amines is 2. The molecule has 0 saturated heterocycles. The first-order valence-electron chi connectivity index (χ1n) is 5.02. The van der Waals surface area contributed by atoms with Crippen molar-refractivity contribution in [1.29, 1.82) is 0 Å². The van der Waals surface area contributed by atoms with Crippen molar-refractivity contribution >= 4 is 18.2 Å². The highest BCUT2D eigenvalue weighted by atomic mass is 32.1. The van der Waals surface area contributed by atoms with Crippen LogP contribution in [-0.2, 0) is 6.18 Å². The average molecular weight is 288 g/mol. The molecule has 19 heavy (non-hydrogen) atoms. The van der Waals surface area contributed by atoms with Crippen molar-refractivity contribution < 1.29 is 23.1 Å². The summed E-state index contributed by atoms with van der Waals surface area (Å²) in [5.41, 5.74) is -1.02. The van der Waals surface area contributed by atoms with Gasteiger partial charge in [0.1, 0.15) is 0 Å². The summed E-state index contributed by atoms with van der Waals surface area (Å²) in [4.78, 5) is 15.9. The van der Waals surface area contributed by atoms with E-state index in [1.54, 1.807) is 0 Å². The van der Waals surface area contributed by atoms with Gasteiger partial charge in [-0.25, -0.2) is 4.79 Å². The Morgan fingerprint density at radius 2 is 1.95 bits per heavy atom. The number of hydrogen-bond acceptors (Lipinski definition) is 2. The van der Waals surface area contributed by atoms with E-state index in [9.17, 15) is 18.0 Å². The Bertz CT molecular complexity index is 688. The Morgan fingerprint density at radius 3 is 2.53 bits per heavy atom. The van der Waals surface area contributed by atoms with Crippen molar-refractivity contribution in [3.8, 4) is 11.3 Å². The Labute approximate surface area is 109 Å². The molecule has 0 amide bonds. The molecule has 0 fully saturated rings. The Hall–Kier alpha value is -2.09. The molecule has 0 spiro atoms. The lowest BCUT2D eigenvalue weighted by atomic mass is 10.1. The van der Waals surface area contributed by atoms with E-state index in [0.717, 1.165) is 12.1 Å². The van der Waals surface area contributed by atoms with Gasteiger partial charge >= 0.3 is 12.1 Å². The second-order valence-electron chi connectivity index (χ2n) is 3.71. The number of benzene rings is 1. The van der Waals surface area contributed by atoms with E-state index >= 15 is 0 Å². The van der Waals surface area contributed by atoms with Crippen LogP contribution in [0.5, 0.6) is 0 Å². The van der Waals surface area contributed by atoms with Crippen molar-refractivity contribution in [2.75, 3.05) is 0 Å². The highest BCUT2D eigenvalue weighted by Crippen LogP contribution is 2.32. The molecule has 1 heterocycles. The molecule has 0 atom stereocenters. The number of hydrogen-bond donors (Lipinski definition) is 3. The van der Waals surface area contributed by atoms with Gasteiger partial charge in [-0.1, -0.05) is 12.1 Å². The van der Waals surface area contributed by atoms with Crippen LogP contribution in [0.3, 0.4) is 0 Å². The molecule has 8 heteroatoms. The van der Waals surface area contributed by atoms with E-state index < -0.39 is 17.7 Å². The third kappa shape index (κ3) is 2.68. The first-order chi connectivity index (χ1) is 8.79. The lowest BCUT2D eigenvalue weighted by molar-refractivity contribution is -0.137. The maximum atomic E-state index is 12.6. The quantitative estimate of drug-likeness (QED) is 0.741. The van der Waals surface area contributed by atoms with Gasteiger partial charge in [-0.15, -0.1) is 0 Å². The summed E-state index contributed by atoms with van der Waals surface area (Å²) in [5.74, 6) is -1.31. The highest BCUT2D eigenvalue weighted by Gasteiger charge is 2.30. The third-order valence-corrected chi connectivity index (χ3v) is 2.62. The smallest absolute Gasteiger partial charge is 0.416 e. The Balaban J connectivity index is 2.60. The number of carboxylic acid groups (broad SMARTS) is 1. The van der Waals surface area contributed by atoms with Gasteiger partial charge in [0.2, 0.25) is 0 Å². The summed E-state index contributed by atoms with van der Waals surface area (Å²) in [6.07, 6.45) is -4.49. The van der Waals surface area contributed by atoms with Gasteiger partial charge in [0.15, 0.2) is 10.5 Å². The zero-order valence-corrected chi connectivity index (χ0v) is 10.0. The molecule has 0 radical (unpaired) electrons. The molecule has 0 unspecified atom stereocenters. The van der Waals surface area contributed by atoms with Crippen LogP contribution in [0, 0.1) is 4.77 Å². The second kappa shape index (κ2) is 4.54. The number of alkyl halides is 3. The van der Waals surface area contributed by atoms with E-state index in [1.165, 1.54) is 12.1 Å². The summed E-state index contributed by atoms with van der Waals surface area (Å²) >= 11 is 4.75. The first kappa shape index (κ1) is 13.3. The fourth-order valence-electron chi connectivity index (χ4n) is 1.61. The Kier molecular flexibility index (Phi) is 3.19. The molecular weight excluding hydrogens is 281 g/mol. The summed E-state index contributed by atoms with van der Waals surface area (Å²) in [5, 5.41) is 8.95. The number of aromatic nitrogens is 2. The summed E-state index contributed by atoms with van der Waals surface area (Å²) in [6.45, 7) is 0. The van der Waals surface area contributed by atoms with E-state index in [2.05, 4.69) is 9.97 Å². The third-order valence-electron chi connectivity index (χ3n) is 2.42. The normalized spacial score (nSPS) is 11.5. The van der Waals surface area contributed by atoms with Crippen molar-refractivity contribution in [2.45, 2.75) is 6.18 Å². The number of nitrogens with one attached hydrogen (secondary N) is 2. The van der Waals surface area contributed by atoms with E-state index in [1.807, 2.05) is 0 Å². The monoisotopic (exact) mass is 288 g/mol. The van der Waals surface area contributed by atoms with Crippen molar-refractivity contribution in [2.24, 2.45) is 0 Å². The molecule has 3 N–H and O–H groups in total. The van der Waals surface area contributed by atoms with Crippen molar-refractivity contribution in [3.05, 3.63) is 40.3 Å². The minimum atomic E-state index is -4.49. The van der Waals surface area contributed by atoms with Gasteiger partial charge in [0.05, 0.1) is 11.3 Å². The lowest BCUT2D eigenvalue weighted by Crippen LogP contribution is -2.05. The van der Waals surface area contributed by atoms with Crippen LogP contribution in [0.1, 0.15) is 16.1 Å². The molecular formula is C11H7F3N2O2S. The summed E-state index contributed by atoms with van der Waals surface area (Å²) in [6, 6.07) is 4.34. The van der Waals surface area contributed by atoms with E-state index in [-0.39, 0.29) is 21.7 Å². The van der Waals surface area contributed by atoms with Gasteiger partial charge in [-0.05, 0) is 24.4 Å². The fraction of sp³-hybridized carbons (Fsp3) is 0.0909. The number of carbonyl (C=O) groups is 1. The highest BCUT2D eigenvalue weighted by molar-refractivity contribution is 7.71. The maximum absolute atomic E-state index is 12.6. The van der Waals surface area contributed by atoms with Crippen LogP contribution in [0.4, 0.5) is 13.2 Å². The van der Waals surface area contributed by atoms with Crippen LogP contribution in [0.25, 0.3) is 11.3 Å². The van der Waals surface area contributed by atoms with Gasteiger partial charge in [-0.2, -0.15) is 13.2 Å². The second-order valence-corrected chi connectivity index (χ2v) is 4.12. The molecule has 0 bridgehead atoms.